The summed E-state index contributed by atoms with van der Waals surface area (Å²) < 4.78 is 11.6. The van der Waals surface area contributed by atoms with Crippen LogP contribution in [0.1, 0.15) is 40.0 Å². The number of hydrogen-bond acceptors (Lipinski definition) is 4. The lowest BCUT2D eigenvalue weighted by Crippen LogP contribution is -2.51. The number of aliphatic hydroxyl groups is 1. The Morgan fingerprint density at radius 3 is 2.75 bits per heavy atom. The second-order valence-corrected chi connectivity index (χ2v) is 4.81. The van der Waals surface area contributed by atoms with Gasteiger partial charge in [-0.15, -0.1) is 0 Å². The zero-order valence-electron chi connectivity index (χ0n) is 10.6. The van der Waals surface area contributed by atoms with Gasteiger partial charge in [-0.1, -0.05) is 6.92 Å². The average molecular weight is 231 g/mol. The molecule has 0 aliphatic carbocycles. The predicted molar refractivity (Wildman–Crippen MR) is 63.3 cm³/mol. The highest BCUT2D eigenvalue weighted by atomic mass is 16.5. The highest BCUT2D eigenvalue weighted by Gasteiger charge is 2.38. The summed E-state index contributed by atoms with van der Waals surface area (Å²) in [6, 6.07) is 0. The summed E-state index contributed by atoms with van der Waals surface area (Å²) in [6.07, 6.45) is 2.21. The van der Waals surface area contributed by atoms with Gasteiger partial charge in [0.05, 0.1) is 23.9 Å². The van der Waals surface area contributed by atoms with Crippen LogP contribution < -0.4 is 5.73 Å². The molecule has 1 saturated heterocycles. The lowest BCUT2D eigenvalue weighted by atomic mass is 9.89. The van der Waals surface area contributed by atoms with Gasteiger partial charge in [-0.05, 0) is 20.3 Å². The molecule has 1 heterocycles. The summed E-state index contributed by atoms with van der Waals surface area (Å²) in [6.45, 7) is 6.92. The molecule has 4 heteroatoms. The number of aliphatic hydroxyl groups excluding tert-OH is 1. The Kier molecular flexibility index (Phi) is 5.18. The van der Waals surface area contributed by atoms with Crippen molar-refractivity contribution in [3.05, 3.63) is 0 Å². The first-order valence-corrected chi connectivity index (χ1v) is 6.20. The summed E-state index contributed by atoms with van der Waals surface area (Å²) >= 11 is 0. The molecule has 4 atom stereocenters. The van der Waals surface area contributed by atoms with Crippen LogP contribution in [0.15, 0.2) is 0 Å². The minimum absolute atomic E-state index is 0.181. The molecule has 0 saturated carbocycles. The van der Waals surface area contributed by atoms with E-state index in [4.69, 9.17) is 15.2 Å². The second-order valence-electron chi connectivity index (χ2n) is 4.81. The van der Waals surface area contributed by atoms with Crippen LogP contribution in [0.4, 0.5) is 0 Å². The van der Waals surface area contributed by atoms with E-state index in [1.54, 1.807) is 6.92 Å². The van der Waals surface area contributed by atoms with Crippen molar-refractivity contribution < 1.29 is 14.6 Å². The van der Waals surface area contributed by atoms with Crippen molar-refractivity contribution in [2.75, 3.05) is 13.2 Å². The molecule has 96 valence electrons. The van der Waals surface area contributed by atoms with E-state index in [2.05, 4.69) is 6.92 Å². The van der Waals surface area contributed by atoms with E-state index >= 15 is 0 Å². The molecule has 4 unspecified atom stereocenters. The topological polar surface area (TPSA) is 64.7 Å². The summed E-state index contributed by atoms with van der Waals surface area (Å²) in [5, 5.41) is 9.49. The van der Waals surface area contributed by atoms with Crippen molar-refractivity contribution in [2.45, 2.75) is 63.9 Å². The van der Waals surface area contributed by atoms with Gasteiger partial charge in [-0.2, -0.15) is 0 Å². The lowest BCUT2D eigenvalue weighted by Gasteiger charge is -2.42. The molecule has 1 aliphatic heterocycles. The van der Waals surface area contributed by atoms with Crippen molar-refractivity contribution in [2.24, 2.45) is 5.73 Å². The van der Waals surface area contributed by atoms with Crippen molar-refractivity contribution in [3.63, 3.8) is 0 Å². The first-order chi connectivity index (χ1) is 7.53. The summed E-state index contributed by atoms with van der Waals surface area (Å²) in [5.41, 5.74) is 5.53. The van der Waals surface area contributed by atoms with Crippen molar-refractivity contribution in [3.8, 4) is 0 Å². The molecule has 0 amide bonds. The minimum atomic E-state index is -0.466. The van der Waals surface area contributed by atoms with E-state index in [1.807, 2.05) is 6.92 Å². The van der Waals surface area contributed by atoms with Gasteiger partial charge in [-0.25, -0.2) is 0 Å². The van der Waals surface area contributed by atoms with E-state index in [0.29, 0.717) is 13.2 Å². The van der Waals surface area contributed by atoms with Crippen LogP contribution in [-0.2, 0) is 9.47 Å². The molecule has 0 spiro atoms. The molecule has 0 radical (unpaired) electrons. The van der Waals surface area contributed by atoms with E-state index in [0.717, 1.165) is 19.3 Å². The average Bonchev–Trinajstić information content (AvgIpc) is 2.29. The number of nitrogens with two attached hydrogens (primary N) is 1. The van der Waals surface area contributed by atoms with Crippen molar-refractivity contribution >= 4 is 0 Å². The molecule has 3 N–H and O–H groups in total. The molecular weight excluding hydrogens is 206 g/mol. The predicted octanol–water partition coefficient (Wildman–Crippen LogP) is 1.06. The first-order valence-electron chi connectivity index (χ1n) is 6.20. The third-order valence-electron chi connectivity index (χ3n) is 3.45. The largest absolute Gasteiger partial charge is 0.391 e. The summed E-state index contributed by atoms with van der Waals surface area (Å²) in [4.78, 5) is 0. The molecule has 0 aromatic carbocycles. The molecule has 0 aromatic rings. The number of hydrogen-bond donors (Lipinski definition) is 2. The van der Waals surface area contributed by atoms with Gasteiger partial charge in [0.1, 0.15) is 0 Å². The molecule has 16 heavy (non-hydrogen) atoms. The Hall–Kier alpha value is -0.160. The molecule has 0 aromatic heterocycles. The van der Waals surface area contributed by atoms with E-state index < -0.39 is 6.10 Å². The van der Waals surface area contributed by atoms with Gasteiger partial charge in [0.2, 0.25) is 0 Å². The highest BCUT2D eigenvalue weighted by Crippen LogP contribution is 2.30. The van der Waals surface area contributed by atoms with Gasteiger partial charge in [-0.3, -0.25) is 0 Å². The highest BCUT2D eigenvalue weighted by molar-refractivity contribution is 4.89. The van der Waals surface area contributed by atoms with Crippen molar-refractivity contribution in [1.82, 2.24) is 0 Å². The fourth-order valence-corrected chi connectivity index (χ4v) is 2.08. The molecule has 1 fully saturated rings. The number of rotatable bonds is 5. The third kappa shape index (κ3) is 3.42. The third-order valence-corrected chi connectivity index (χ3v) is 3.45. The quantitative estimate of drug-likeness (QED) is 0.742. The lowest BCUT2D eigenvalue weighted by molar-refractivity contribution is -0.174. The zero-order chi connectivity index (χ0) is 12.2. The van der Waals surface area contributed by atoms with Crippen molar-refractivity contribution in [1.29, 1.82) is 0 Å². The van der Waals surface area contributed by atoms with Crippen LogP contribution in [0.2, 0.25) is 0 Å². The maximum Gasteiger partial charge on any atom is 0.0855 e. The second kappa shape index (κ2) is 5.96. The maximum absolute atomic E-state index is 9.49. The first kappa shape index (κ1) is 13.9. The van der Waals surface area contributed by atoms with Crippen LogP contribution in [-0.4, -0.2) is 42.2 Å². The van der Waals surface area contributed by atoms with Crippen LogP contribution in [0.25, 0.3) is 0 Å². The van der Waals surface area contributed by atoms with Gasteiger partial charge in [0.15, 0.2) is 0 Å². The van der Waals surface area contributed by atoms with E-state index in [1.165, 1.54) is 0 Å². The van der Waals surface area contributed by atoms with Gasteiger partial charge in [0.25, 0.3) is 0 Å². The molecular formula is C12H25NO3. The Labute approximate surface area is 98.1 Å². The van der Waals surface area contributed by atoms with Gasteiger partial charge < -0.3 is 20.3 Å². The summed E-state index contributed by atoms with van der Waals surface area (Å²) in [5.74, 6) is 0. The fourth-order valence-electron chi connectivity index (χ4n) is 2.08. The van der Waals surface area contributed by atoms with E-state index in [-0.39, 0.29) is 17.8 Å². The van der Waals surface area contributed by atoms with Crippen LogP contribution in [0.5, 0.6) is 0 Å². The van der Waals surface area contributed by atoms with Crippen LogP contribution in [0, 0.1) is 0 Å². The Morgan fingerprint density at radius 2 is 2.25 bits per heavy atom. The summed E-state index contributed by atoms with van der Waals surface area (Å²) in [7, 11) is 0. The normalized spacial score (nSPS) is 34.7. The SMILES string of the molecule is CCC1CC(CN)(OC(C)C(C)O)CCO1. The van der Waals surface area contributed by atoms with Crippen LogP contribution >= 0.6 is 0 Å². The molecule has 0 bridgehead atoms. The Bertz CT molecular complexity index is 210. The Morgan fingerprint density at radius 1 is 1.56 bits per heavy atom. The molecule has 1 rings (SSSR count). The van der Waals surface area contributed by atoms with Gasteiger partial charge in [0, 0.05) is 26.0 Å². The molecule has 4 nitrogen and oxygen atoms in total. The fraction of sp³-hybridized carbons (Fsp3) is 1.00. The van der Waals surface area contributed by atoms with Crippen LogP contribution in [0.3, 0.4) is 0 Å². The standard InChI is InChI=1S/C12H25NO3/c1-4-11-7-12(8-13,5-6-15-11)16-10(3)9(2)14/h9-11,14H,4-8,13H2,1-3H3. The van der Waals surface area contributed by atoms with Gasteiger partial charge >= 0.3 is 0 Å². The maximum atomic E-state index is 9.49. The monoisotopic (exact) mass is 231 g/mol. The smallest absolute Gasteiger partial charge is 0.0855 e. The zero-order valence-corrected chi connectivity index (χ0v) is 10.6. The van der Waals surface area contributed by atoms with E-state index in [9.17, 15) is 5.11 Å². The minimum Gasteiger partial charge on any atom is -0.391 e. The molecule has 1 aliphatic rings. The Balaban J connectivity index is 2.61. The number of ether oxygens (including phenoxy) is 2.